The van der Waals surface area contributed by atoms with Crippen molar-refractivity contribution in [3.63, 3.8) is 0 Å². The van der Waals surface area contributed by atoms with Crippen LogP contribution >= 0.6 is 11.8 Å². The van der Waals surface area contributed by atoms with Gasteiger partial charge < -0.3 is 97.2 Å². The van der Waals surface area contributed by atoms with Gasteiger partial charge in [0, 0.05) is 23.5 Å². The summed E-state index contributed by atoms with van der Waals surface area (Å²) >= 11 is 1.37. The van der Waals surface area contributed by atoms with Gasteiger partial charge >= 0.3 is 0 Å². The monoisotopic (exact) mass is 1440 g/mol. The number of aromatic nitrogens is 1. The summed E-state index contributed by atoms with van der Waals surface area (Å²) in [4.78, 5) is 172. The quantitative estimate of drug-likeness (QED) is 0.0394. The number of hydrogen-bond acceptors (Lipinski definition) is 18. The van der Waals surface area contributed by atoms with E-state index in [1.54, 1.807) is 40.1 Å². The van der Waals surface area contributed by atoms with Gasteiger partial charge in [-0.15, -0.1) is 0 Å². The first-order valence-electron chi connectivity index (χ1n) is 35.8. The van der Waals surface area contributed by atoms with E-state index in [4.69, 9.17) is 28.7 Å². The highest BCUT2D eigenvalue weighted by molar-refractivity contribution is 7.98. The predicted molar refractivity (Wildman–Crippen MR) is 392 cm³/mol. The van der Waals surface area contributed by atoms with E-state index in [1.807, 2.05) is 65.8 Å². The number of fused-ring (bicyclic) bond motifs is 1. The molecule has 0 aliphatic carbocycles. The number of carbonyl (C=O) groups excluding carboxylic acids is 12. The van der Waals surface area contributed by atoms with Crippen LogP contribution in [0.15, 0.2) is 30.5 Å². The van der Waals surface area contributed by atoms with Crippen molar-refractivity contribution in [2.45, 2.75) is 258 Å². The third-order valence-corrected chi connectivity index (χ3v) is 17.5. The van der Waals surface area contributed by atoms with Gasteiger partial charge in [0.15, 0.2) is 0 Å². The van der Waals surface area contributed by atoms with E-state index in [0.717, 1.165) is 10.9 Å². The number of amides is 12. The number of aromatic amines is 1. The number of hydrogen-bond donors (Lipinski definition) is 18. The summed E-state index contributed by atoms with van der Waals surface area (Å²) in [5, 5.41) is 42.0. The van der Waals surface area contributed by atoms with Gasteiger partial charge in [-0.05, 0) is 177 Å². The Kier molecular flexibility index (Phi) is 41.7. The van der Waals surface area contributed by atoms with E-state index >= 15 is 0 Å². The third-order valence-electron chi connectivity index (χ3n) is 16.8. The van der Waals surface area contributed by atoms with Gasteiger partial charge in [0.25, 0.3) is 0 Å². The molecule has 0 aliphatic rings. The number of thioether (sulfide) groups is 1. The van der Waals surface area contributed by atoms with Crippen LogP contribution in [0, 0.1) is 29.6 Å². The van der Waals surface area contributed by atoms with Crippen molar-refractivity contribution < 1.29 is 62.6 Å². The molecule has 101 heavy (non-hydrogen) atoms. The summed E-state index contributed by atoms with van der Waals surface area (Å²) in [5.41, 5.74) is 30.3. The van der Waals surface area contributed by atoms with Crippen LogP contribution in [-0.2, 0) is 64.0 Å². The fraction of sp³-hybridized carbons (Fsp3) is 0.714. The van der Waals surface area contributed by atoms with Crippen LogP contribution in [0.4, 0.5) is 0 Å². The molecule has 1 aromatic heterocycles. The predicted octanol–water partition coefficient (Wildman–Crippen LogP) is 0.237. The number of primary amides is 1. The number of rotatable bonds is 50. The van der Waals surface area contributed by atoms with E-state index < -0.39 is 155 Å². The third kappa shape index (κ3) is 33.0. The van der Waals surface area contributed by atoms with Crippen molar-refractivity contribution in [3.8, 4) is 0 Å². The molecule has 0 fully saturated rings. The molecule has 0 unspecified atom stereocenters. The summed E-state index contributed by atoms with van der Waals surface area (Å²) in [6.07, 6.45) is 5.46. The second kappa shape index (κ2) is 46.9. The maximum absolute atomic E-state index is 14.6. The molecular weight excluding hydrogens is 1320 g/mol. The Bertz CT molecular complexity index is 2960. The maximum Gasteiger partial charge on any atom is 0.245 e. The lowest BCUT2D eigenvalue weighted by Gasteiger charge is -2.30. The lowest BCUT2D eigenvalue weighted by molar-refractivity contribution is -0.137. The van der Waals surface area contributed by atoms with Crippen LogP contribution in [0.5, 0.6) is 0 Å². The van der Waals surface area contributed by atoms with E-state index in [9.17, 15) is 62.6 Å². The van der Waals surface area contributed by atoms with Gasteiger partial charge in [-0.25, -0.2) is 0 Å². The minimum atomic E-state index is -1.70. The first-order chi connectivity index (χ1) is 47.6. The van der Waals surface area contributed by atoms with Crippen molar-refractivity contribution in [3.05, 3.63) is 36.0 Å². The standard InChI is InChI=1S/C70H123N17O13S/c1-38(2)32-52(81-60(90)43(11)74)66(96)83-56(36-45-37-76-47-23-15-14-22-46(45)47)68(98)80-51(27-31-101-13)63(93)87-58(44(12)88)70(100)85-55(35-41(7)8)67(97)82-53(33-39(3)4)65(95)79-49(25-17-20-29-72)61(91)78-50(26-18-21-30-73)62(92)86-57(42(9)10)69(99)84-54(34-40(5)6)64(94)77-48(59(75)89)24-16-19-28-71/h14-15,22-23,37-44,48-58,76,88H,16-21,24-36,71-74H2,1-13H3,(H2,75,89)(H,77,94)(H,78,91)(H,79,95)(H,80,98)(H,81,90)(H,82,97)(H,83,96)(H,84,99)(H,85,100)(H,86,92)(H,87,93)/t43-,44+,48-,49-,50-,51-,52-,53-,54-,55-,56-,57-,58-/m0/s1. The van der Waals surface area contributed by atoms with E-state index in [-0.39, 0.29) is 94.5 Å². The number of nitrogens with two attached hydrogens (primary N) is 5. The van der Waals surface area contributed by atoms with Gasteiger partial charge in [0.2, 0.25) is 70.9 Å². The average Bonchev–Trinajstić information content (AvgIpc) is 1.73. The second-order valence-electron chi connectivity index (χ2n) is 28.4. The fourth-order valence-corrected chi connectivity index (χ4v) is 11.7. The molecule has 13 atom stereocenters. The Labute approximate surface area is 601 Å². The van der Waals surface area contributed by atoms with Crippen molar-refractivity contribution in [2.75, 3.05) is 31.6 Å². The number of carbonyl (C=O) groups is 12. The van der Waals surface area contributed by atoms with Gasteiger partial charge in [0.1, 0.15) is 66.5 Å². The summed E-state index contributed by atoms with van der Waals surface area (Å²) in [7, 11) is 0. The van der Waals surface area contributed by atoms with Crippen molar-refractivity contribution >= 4 is 93.6 Å². The zero-order chi connectivity index (χ0) is 76.2. The Balaban J connectivity index is 2.50. The SMILES string of the molecule is CSCC[C@H](NC(=O)[C@H](Cc1c[nH]c2ccccc12)NC(=O)[C@H](CC(C)C)NC(=O)[C@H](C)N)C(=O)N[C@H](C(=O)N[C@@H](CC(C)C)C(=O)N[C@@H](CC(C)C)C(=O)N[C@@H](CCCCN)C(=O)N[C@@H](CCCCN)C(=O)N[C@H](C(=O)N[C@@H](CC(C)C)C(=O)N[C@@H](CCCCN)C(N)=O)C(C)C)[C@@H](C)O. The highest BCUT2D eigenvalue weighted by Crippen LogP contribution is 2.21. The maximum atomic E-state index is 14.6. The molecule has 12 amide bonds. The van der Waals surface area contributed by atoms with Crippen molar-refractivity contribution in [1.82, 2.24) is 63.5 Å². The molecule has 0 saturated carbocycles. The number of para-hydroxylation sites is 1. The molecule has 31 heteroatoms. The molecule has 23 N–H and O–H groups in total. The van der Waals surface area contributed by atoms with Gasteiger partial charge in [-0.2, -0.15) is 11.8 Å². The highest BCUT2D eigenvalue weighted by Gasteiger charge is 2.39. The van der Waals surface area contributed by atoms with Crippen LogP contribution in [0.25, 0.3) is 10.9 Å². The van der Waals surface area contributed by atoms with Crippen LogP contribution in [0.3, 0.4) is 0 Å². The van der Waals surface area contributed by atoms with Gasteiger partial charge in [-0.3, -0.25) is 57.5 Å². The molecule has 1 heterocycles. The molecule has 2 rings (SSSR count). The van der Waals surface area contributed by atoms with E-state index in [1.165, 1.54) is 25.6 Å². The second-order valence-corrected chi connectivity index (χ2v) is 29.4. The topological polar surface area (TPSA) is 503 Å². The average molecular weight is 1440 g/mol. The molecule has 0 radical (unpaired) electrons. The number of aliphatic hydroxyl groups is 1. The number of benzene rings is 1. The first kappa shape index (κ1) is 89.6. The largest absolute Gasteiger partial charge is 0.391 e. The molecule has 0 bridgehead atoms. The lowest BCUT2D eigenvalue weighted by Crippen LogP contribution is -2.62. The minimum absolute atomic E-state index is 0.00915. The number of H-pyrrole nitrogens is 1. The Hall–Kier alpha value is -7.45. The number of nitrogens with one attached hydrogen (secondary N) is 12. The fourth-order valence-electron chi connectivity index (χ4n) is 11.3. The first-order valence-corrected chi connectivity index (χ1v) is 37.2. The zero-order valence-corrected chi connectivity index (χ0v) is 62.7. The number of unbranched alkanes of at least 4 members (excludes halogenated alkanes) is 3. The molecule has 1 aromatic carbocycles. The van der Waals surface area contributed by atoms with E-state index in [0.29, 0.717) is 56.4 Å². The zero-order valence-electron chi connectivity index (χ0n) is 61.9. The Morgan fingerprint density at radius 1 is 0.416 bits per heavy atom. The highest BCUT2D eigenvalue weighted by atomic mass is 32.2. The van der Waals surface area contributed by atoms with E-state index in [2.05, 4.69) is 63.5 Å². The lowest BCUT2D eigenvalue weighted by atomic mass is 9.98. The molecule has 30 nitrogen and oxygen atoms in total. The molecule has 572 valence electrons. The normalized spacial score (nSPS) is 15.5. The summed E-state index contributed by atoms with van der Waals surface area (Å²) in [6.45, 7) is 21.6. The summed E-state index contributed by atoms with van der Waals surface area (Å²) in [6, 6.07) is -7.58. The molecule has 0 saturated heterocycles. The molecular formula is C70H123N17O13S. The van der Waals surface area contributed by atoms with Crippen LogP contribution in [0.2, 0.25) is 0 Å². The minimum Gasteiger partial charge on any atom is -0.391 e. The van der Waals surface area contributed by atoms with Crippen molar-refractivity contribution in [1.29, 1.82) is 0 Å². The Morgan fingerprint density at radius 2 is 0.743 bits per heavy atom. The summed E-state index contributed by atoms with van der Waals surface area (Å²) < 4.78 is 0. The number of aliphatic hydroxyl groups excluding tert-OH is 1. The van der Waals surface area contributed by atoms with Crippen LogP contribution in [-0.4, -0.2) is 191 Å². The summed E-state index contributed by atoms with van der Waals surface area (Å²) in [5.74, 6) is -9.86. The van der Waals surface area contributed by atoms with Crippen LogP contribution < -0.4 is 87.2 Å². The van der Waals surface area contributed by atoms with Gasteiger partial charge in [-0.1, -0.05) is 87.4 Å². The van der Waals surface area contributed by atoms with Gasteiger partial charge in [0.05, 0.1) is 12.1 Å². The van der Waals surface area contributed by atoms with Crippen LogP contribution in [0.1, 0.15) is 179 Å². The van der Waals surface area contributed by atoms with Crippen molar-refractivity contribution in [2.24, 2.45) is 58.3 Å². The smallest absolute Gasteiger partial charge is 0.245 e. The molecule has 0 aliphatic heterocycles. The Morgan fingerprint density at radius 3 is 1.13 bits per heavy atom. The molecule has 2 aromatic rings. The molecule has 0 spiro atoms.